The van der Waals surface area contributed by atoms with Crippen LogP contribution in [0, 0.1) is 12.8 Å². The fourth-order valence-corrected chi connectivity index (χ4v) is 6.46. The van der Waals surface area contributed by atoms with Crippen molar-refractivity contribution >= 4 is 27.4 Å². The minimum absolute atomic E-state index is 0.0122. The second kappa shape index (κ2) is 11.5. The van der Waals surface area contributed by atoms with Gasteiger partial charge < -0.3 is 9.88 Å². The molecule has 0 aliphatic carbocycles. The second-order valence-electron chi connectivity index (χ2n) is 8.89. The lowest BCUT2D eigenvalue weighted by molar-refractivity contribution is -0.135. The zero-order valence-electron chi connectivity index (χ0n) is 20.2. The van der Waals surface area contributed by atoms with Crippen LogP contribution >= 0.6 is 11.3 Å². The summed E-state index contributed by atoms with van der Waals surface area (Å²) in [6, 6.07) is 8.23. The Hall–Kier alpha value is -2.86. The van der Waals surface area contributed by atoms with Crippen LogP contribution < -0.4 is 10.0 Å². The first-order valence-electron chi connectivity index (χ1n) is 11.4. The summed E-state index contributed by atoms with van der Waals surface area (Å²) in [6.45, 7) is 6.27. The van der Waals surface area contributed by atoms with E-state index < -0.39 is 28.7 Å². The summed E-state index contributed by atoms with van der Waals surface area (Å²) < 4.78 is 66.9. The van der Waals surface area contributed by atoms with Crippen LogP contribution in [-0.2, 0) is 23.0 Å². The highest BCUT2D eigenvalue weighted by atomic mass is 32.2. The number of imidazole rings is 1. The van der Waals surface area contributed by atoms with E-state index in [4.69, 9.17) is 0 Å². The maximum atomic E-state index is 13.1. The predicted octanol–water partition coefficient (Wildman–Crippen LogP) is 5.50. The smallest absolute Gasteiger partial charge is 0.337 e. The van der Waals surface area contributed by atoms with Gasteiger partial charge in [-0.2, -0.15) is 13.2 Å². The van der Waals surface area contributed by atoms with Crippen molar-refractivity contribution in [3.63, 3.8) is 0 Å². The molecule has 196 valence electrons. The maximum absolute atomic E-state index is 13.1. The van der Waals surface area contributed by atoms with Crippen molar-refractivity contribution in [2.75, 3.05) is 6.54 Å². The van der Waals surface area contributed by atoms with Gasteiger partial charge in [0.05, 0.1) is 0 Å². The number of hydrogen-bond acceptors (Lipinski definition) is 5. The third-order valence-electron chi connectivity index (χ3n) is 5.29. The zero-order valence-corrected chi connectivity index (χ0v) is 21.9. The van der Waals surface area contributed by atoms with E-state index in [1.54, 1.807) is 6.20 Å². The van der Waals surface area contributed by atoms with E-state index in [2.05, 4.69) is 10.3 Å². The molecule has 2 aromatic heterocycles. The van der Waals surface area contributed by atoms with Gasteiger partial charge in [0.2, 0.25) is 0 Å². The molecule has 0 bridgehead atoms. The van der Waals surface area contributed by atoms with Crippen molar-refractivity contribution in [2.45, 2.75) is 57.0 Å². The van der Waals surface area contributed by atoms with Crippen LogP contribution in [0.25, 0.3) is 11.1 Å². The summed E-state index contributed by atoms with van der Waals surface area (Å²) in [4.78, 5) is 17.2. The van der Waals surface area contributed by atoms with E-state index in [1.165, 1.54) is 0 Å². The Balaban J connectivity index is 1.80. The van der Waals surface area contributed by atoms with Crippen molar-refractivity contribution in [2.24, 2.45) is 5.92 Å². The van der Waals surface area contributed by atoms with Crippen LogP contribution in [0.2, 0.25) is 0 Å². The molecule has 12 heteroatoms. The number of aromatic nitrogens is 2. The number of sulfonamides is 1. The molecule has 0 radical (unpaired) electrons. The average molecular weight is 543 g/mol. The van der Waals surface area contributed by atoms with E-state index in [-0.39, 0.29) is 23.1 Å². The van der Waals surface area contributed by atoms with Gasteiger partial charge in [-0.3, -0.25) is 0 Å². The topological polar surface area (TPSA) is 93.1 Å². The number of thiophene rings is 1. The lowest BCUT2D eigenvalue weighted by Crippen LogP contribution is -2.39. The van der Waals surface area contributed by atoms with Gasteiger partial charge in [0, 0.05) is 42.3 Å². The quantitative estimate of drug-likeness (QED) is 0.331. The molecule has 0 unspecified atom stereocenters. The van der Waals surface area contributed by atoms with E-state index in [0.29, 0.717) is 24.1 Å². The van der Waals surface area contributed by atoms with Crippen molar-refractivity contribution in [1.29, 1.82) is 0 Å². The van der Waals surface area contributed by atoms with Crippen LogP contribution in [-0.4, -0.2) is 36.7 Å². The summed E-state index contributed by atoms with van der Waals surface area (Å²) >= 11 is 1.08. The zero-order chi connectivity index (χ0) is 26.5. The SMILES string of the molecule is Cc1nccn1Cc1ccc(-c2cc(CC(C)C)sc2S(=O)(=O)NC(=O)NCCCC(F)(F)F)cc1. The third-order valence-corrected chi connectivity index (χ3v) is 8.32. The number of benzene rings is 1. The van der Waals surface area contributed by atoms with E-state index in [1.807, 2.05) is 66.6 Å². The summed E-state index contributed by atoms with van der Waals surface area (Å²) in [5.74, 6) is 1.17. The van der Waals surface area contributed by atoms with Crippen molar-refractivity contribution in [3.8, 4) is 11.1 Å². The van der Waals surface area contributed by atoms with Crippen LogP contribution in [0.3, 0.4) is 0 Å². The second-order valence-corrected chi connectivity index (χ2v) is 11.9. The van der Waals surface area contributed by atoms with Crippen molar-refractivity contribution in [1.82, 2.24) is 19.6 Å². The van der Waals surface area contributed by atoms with Gasteiger partial charge in [-0.25, -0.2) is 22.9 Å². The van der Waals surface area contributed by atoms with Crippen molar-refractivity contribution < 1.29 is 26.4 Å². The summed E-state index contributed by atoms with van der Waals surface area (Å²) in [5.41, 5.74) is 2.16. The fourth-order valence-electron chi connectivity index (χ4n) is 3.58. The molecule has 0 saturated carbocycles. The van der Waals surface area contributed by atoms with Gasteiger partial charge in [-0.05, 0) is 42.9 Å². The molecule has 3 aromatic rings. The number of amides is 2. The number of carbonyl (C=O) groups excluding carboxylic acids is 1. The number of nitrogens with one attached hydrogen (secondary N) is 2. The van der Waals surface area contributed by atoms with Gasteiger partial charge >= 0.3 is 12.2 Å². The fraction of sp³-hybridized carbons (Fsp3) is 0.417. The number of hydrogen-bond donors (Lipinski definition) is 2. The molecule has 3 rings (SSSR count). The third kappa shape index (κ3) is 7.82. The first-order valence-corrected chi connectivity index (χ1v) is 13.7. The number of aryl methyl sites for hydroxylation is 1. The molecule has 0 spiro atoms. The Morgan fingerprint density at radius 3 is 2.47 bits per heavy atom. The number of alkyl halides is 3. The number of urea groups is 1. The first kappa shape index (κ1) is 27.7. The Kier molecular flexibility index (Phi) is 8.83. The molecule has 2 heterocycles. The van der Waals surface area contributed by atoms with Gasteiger partial charge in [0.25, 0.3) is 10.0 Å². The molecule has 0 atom stereocenters. The van der Waals surface area contributed by atoms with Crippen LogP contribution in [0.5, 0.6) is 0 Å². The minimum atomic E-state index is -4.34. The largest absolute Gasteiger partial charge is 0.389 e. The summed E-state index contributed by atoms with van der Waals surface area (Å²) in [5, 5.41) is 2.18. The van der Waals surface area contributed by atoms with Crippen molar-refractivity contribution in [3.05, 3.63) is 59.0 Å². The normalized spacial score (nSPS) is 12.2. The monoisotopic (exact) mass is 542 g/mol. The van der Waals surface area contributed by atoms with Gasteiger partial charge in [0.15, 0.2) is 0 Å². The van der Waals surface area contributed by atoms with E-state index in [0.717, 1.165) is 27.6 Å². The first-order chi connectivity index (χ1) is 16.8. The lowest BCUT2D eigenvalue weighted by Gasteiger charge is -2.11. The number of rotatable bonds is 10. The Labute approximate surface area is 212 Å². The van der Waals surface area contributed by atoms with E-state index >= 15 is 0 Å². The van der Waals surface area contributed by atoms with Gasteiger partial charge in [0.1, 0.15) is 10.0 Å². The molecule has 1 aromatic carbocycles. The highest BCUT2D eigenvalue weighted by Crippen LogP contribution is 2.36. The van der Waals surface area contributed by atoms with Crippen LogP contribution in [0.4, 0.5) is 18.0 Å². The highest BCUT2D eigenvalue weighted by molar-refractivity contribution is 7.92. The number of carbonyl (C=O) groups is 1. The molecule has 0 saturated heterocycles. The molecule has 36 heavy (non-hydrogen) atoms. The minimum Gasteiger partial charge on any atom is -0.337 e. The maximum Gasteiger partial charge on any atom is 0.389 e. The molecule has 0 fully saturated rings. The molecule has 2 amide bonds. The van der Waals surface area contributed by atoms with Crippen LogP contribution in [0.1, 0.15) is 43.0 Å². The van der Waals surface area contributed by atoms with E-state index in [9.17, 15) is 26.4 Å². The molecule has 0 aliphatic heterocycles. The highest BCUT2D eigenvalue weighted by Gasteiger charge is 2.27. The number of nitrogens with zero attached hydrogens (tertiary/aromatic N) is 2. The predicted molar refractivity (Wildman–Crippen MR) is 133 cm³/mol. The summed E-state index contributed by atoms with van der Waals surface area (Å²) in [6.07, 6.45) is -1.48. The summed E-state index contributed by atoms with van der Waals surface area (Å²) in [7, 11) is -4.25. The van der Waals surface area contributed by atoms with Gasteiger partial charge in [-0.15, -0.1) is 11.3 Å². The standard InChI is InChI=1S/C24H29F3N4O3S2/c1-16(2)13-20-14-21(19-7-5-18(6-8-19)15-31-12-11-28-17(31)3)22(35-20)36(33,34)30-23(32)29-10-4-9-24(25,26)27/h5-8,11-12,14,16H,4,9-10,13,15H2,1-3H3,(H2,29,30,32). The van der Waals surface area contributed by atoms with Gasteiger partial charge in [-0.1, -0.05) is 38.1 Å². The Morgan fingerprint density at radius 2 is 1.89 bits per heavy atom. The molecule has 7 nitrogen and oxygen atoms in total. The molecule has 2 N–H and O–H groups in total. The van der Waals surface area contributed by atoms with Crippen LogP contribution in [0.15, 0.2) is 46.9 Å². The molecule has 0 aliphatic rings. The molecular weight excluding hydrogens is 513 g/mol. The lowest BCUT2D eigenvalue weighted by atomic mass is 10.0. The Morgan fingerprint density at radius 1 is 1.19 bits per heavy atom. The average Bonchev–Trinajstić information content (AvgIpc) is 3.37. The number of halogens is 3. The Bertz CT molecular complexity index is 1280. The molecular formula is C24H29F3N4O3S2.